The molecule has 0 aliphatic carbocycles. The molecule has 25 heavy (non-hydrogen) atoms. The molecule has 4 heteroatoms. The molecule has 0 unspecified atom stereocenters. The summed E-state index contributed by atoms with van der Waals surface area (Å²) in [4.78, 5) is 25.9. The molecule has 0 fully saturated rings. The Morgan fingerprint density at radius 2 is 1.60 bits per heavy atom. The lowest BCUT2D eigenvalue weighted by atomic mass is 9.87. The highest BCUT2D eigenvalue weighted by atomic mass is 16.2. The number of amides is 2. The van der Waals surface area contributed by atoms with Gasteiger partial charge in [-0.3, -0.25) is 9.59 Å². The summed E-state index contributed by atoms with van der Waals surface area (Å²) in [6.45, 7) is 9.81. The molecule has 0 radical (unpaired) electrons. The highest BCUT2D eigenvalue weighted by Crippen LogP contribution is 2.25. The van der Waals surface area contributed by atoms with E-state index in [1.54, 1.807) is 0 Å². The Bertz CT molecular complexity index is 758. The maximum atomic E-state index is 12.4. The average molecular weight is 338 g/mol. The quantitative estimate of drug-likeness (QED) is 0.904. The van der Waals surface area contributed by atoms with Crippen molar-refractivity contribution in [2.24, 2.45) is 0 Å². The van der Waals surface area contributed by atoms with Gasteiger partial charge >= 0.3 is 0 Å². The molecule has 0 bridgehead atoms. The van der Waals surface area contributed by atoms with Crippen LogP contribution in [0.5, 0.6) is 0 Å². The molecule has 0 heterocycles. The molecule has 2 aromatic carbocycles. The van der Waals surface area contributed by atoms with Gasteiger partial charge in [0.1, 0.15) is 6.54 Å². The van der Waals surface area contributed by atoms with Gasteiger partial charge in [-0.15, -0.1) is 0 Å². The van der Waals surface area contributed by atoms with E-state index in [4.69, 9.17) is 0 Å². The summed E-state index contributed by atoms with van der Waals surface area (Å²) >= 11 is 0. The van der Waals surface area contributed by atoms with Gasteiger partial charge in [0.05, 0.1) is 0 Å². The molecule has 132 valence electrons. The van der Waals surface area contributed by atoms with Crippen molar-refractivity contribution in [1.82, 2.24) is 0 Å². The number of hydrogen-bond donors (Lipinski definition) is 1. The van der Waals surface area contributed by atoms with Crippen LogP contribution in [0.3, 0.4) is 0 Å². The van der Waals surface area contributed by atoms with Gasteiger partial charge in [0, 0.05) is 18.3 Å². The Kier molecular flexibility index (Phi) is 5.62. The van der Waals surface area contributed by atoms with Crippen LogP contribution >= 0.6 is 0 Å². The van der Waals surface area contributed by atoms with Crippen LogP contribution in [0.25, 0.3) is 0 Å². The molecule has 0 saturated heterocycles. The van der Waals surface area contributed by atoms with Crippen LogP contribution in [0.15, 0.2) is 48.5 Å². The lowest BCUT2D eigenvalue weighted by molar-refractivity contribution is -0.120. The van der Waals surface area contributed by atoms with Crippen molar-refractivity contribution in [2.45, 2.75) is 40.0 Å². The van der Waals surface area contributed by atoms with Gasteiger partial charge in [-0.2, -0.15) is 0 Å². The van der Waals surface area contributed by atoms with Gasteiger partial charge in [0.15, 0.2) is 0 Å². The zero-order valence-electron chi connectivity index (χ0n) is 15.6. The molecule has 2 amide bonds. The maximum Gasteiger partial charge on any atom is 0.244 e. The largest absolute Gasteiger partial charge is 0.324 e. The Balaban J connectivity index is 2.14. The van der Waals surface area contributed by atoms with E-state index in [9.17, 15) is 9.59 Å². The maximum absolute atomic E-state index is 12.4. The number of para-hydroxylation sites is 1. The summed E-state index contributed by atoms with van der Waals surface area (Å²) in [5.74, 6) is -0.382. The Hall–Kier alpha value is -2.62. The number of benzene rings is 2. The van der Waals surface area contributed by atoms with Gasteiger partial charge in [0.2, 0.25) is 11.8 Å². The van der Waals surface area contributed by atoms with E-state index >= 15 is 0 Å². The number of nitrogens with one attached hydrogen (secondary N) is 1. The number of aryl methyl sites for hydroxylation is 1. The predicted octanol–water partition coefficient (Wildman–Crippen LogP) is 4.28. The molecule has 0 aliphatic rings. The number of carbonyl (C=O) groups excluding carboxylic acids is 2. The van der Waals surface area contributed by atoms with Crippen LogP contribution in [0.2, 0.25) is 0 Å². The third kappa shape index (κ3) is 4.92. The van der Waals surface area contributed by atoms with E-state index in [-0.39, 0.29) is 23.8 Å². The Morgan fingerprint density at radius 1 is 1.00 bits per heavy atom. The third-order valence-corrected chi connectivity index (χ3v) is 4.15. The van der Waals surface area contributed by atoms with Gasteiger partial charge in [-0.1, -0.05) is 51.1 Å². The first-order chi connectivity index (χ1) is 11.7. The van der Waals surface area contributed by atoms with Crippen LogP contribution in [-0.2, 0) is 15.0 Å². The fourth-order valence-corrected chi connectivity index (χ4v) is 2.57. The summed E-state index contributed by atoms with van der Waals surface area (Å²) in [6, 6.07) is 15.4. The van der Waals surface area contributed by atoms with E-state index in [1.165, 1.54) is 17.4 Å². The van der Waals surface area contributed by atoms with Crippen molar-refractivity contribution in [1.29, 1.82) is 0 Å². The molecule has 2 aromatic rings. The molecule has 0 aliphatic heterocycles. The van der Waals surface area contributed by atoms with E-state index in [0.717, 1.165) is 16.9 Å². The Labute approximate surface area is 149 Å². The van der Waals surface area contributed by atoms with Crippen molar-refractivity contribution >= 4 is 23.2 Å². The highest BCUT2D eigenvalue weighted by molar-refractivity contribution is 6.02. The lowest BCUT2D eigenvalue weighted by Gasteiger charge is -2.23. The minimum atomic E-state index is -0.218. The minimum Gasteiger partial charge on any atom is -0.324 e. The number of nitrogens with zero attached hydrogens (tertiary/aromatic N) is 1. The summed E-state index contributed by atoms with van der Waals surface area (Å²) in [5.41, 5.74) is 3.70. The fourth-order valence-electron chi connectivity index (χ4n) is 2.57. The first-order valence-corrected chi connectivity index (χ1v) is 8.42. The zero-order chi connectivity index (χ0) is 18.6. The van der Waals surface area contributed by atoms with Crippen LogP contribution in [0, 0.1) is 6.92 Å². The van der Waals surface area contributed by atoms with Crippen LogP contribution < -0.4 is 10.2 Å². The predicted molar refractivity (Wildman–Crippen MR) is 103 cm³/mol. The SMILES string of the molecule is CC(=O)N(CC(=O)Nc1ccccc1C)c1ccc(C(C)(C)C)cc1. The van der Waals surface area contributed by atoms with Crippen molar-refractivity contribution in [3.63, 3.8) is 0 Å². The molecule has 4 nitrogen and oxygen atoms in total. The van der Waals surface area contributed by atoms with Gasteiger partial charge in [-0.05, 0) is 41.7 Å². The zero-order valence-corrected chi connectivity index (χ0v) is 15.6. The fraction of sp³-hybridized carbons (Fsp3) is 0.333. The second-order valence-corrected chi connectivity index (χ2v) is 7.27. The number of carbonyl (C=O) groups is 2. The van der Waals surface area contributed by atoms with Crippen LogP contribution in [-0.4, -0.2) is 18.4 Å². The molecule has 0 spiro atoms. The van der Waals surface area contributed by atoms with Gasteiger partial charge in [0.25, 0.3) is 0 Å². The monoisotopic (exact) mass is 338 g/mol. The van der Waals surface area contributed by atoms with Gasteiger partial charge < -0.3 is 10.2 Å². The first-order valence-electron chi connectivity index (χ1n) is 8.42. The standard InChI is InChI=1S/C21H26N2O2/c1-15-8-6-7-9-19(15)22-20(25)14-23(16(2)24)18-12-10-17(11-13-18)21(3,4)5/h6-13H,14H2,1-5H3,(H,22,25). The molecule has 2 rings (SSSR count). The number of anilines is 2. The van der Waals surface area contributed by atoms with E-state index in [1.807, 2.05) is 55.5 Å². The molecular formula is C21H26N2O2. The lowest BCUT2D eigenvalue weighted by Crippen LogP contribution is -2.36. The van der Waals surface area contributed by atoms with E-state index in [2.05, 4.69) is 26.1 Å². The minimum absolute atomic E-state index is 0.0153. The summed E-state index contributed by atoms with van der Waals surface area (Å²) in [6.07, 6.45) is 0. The van der Waals surface area contributed by atoms with Crippen molar-refractivity contribution in [2.75, 3.05) is 16.8 Å². The van der Waals surface area contributed by atoms with Crippen LogP contribution in [0.4, 0.5) is 11.4 Å². The average Bonchev–Trinajstić information content (AvgIpc) is 2.54. The molecule has 0 atom stereocenters. The van der Waals surface area contributed by atoms with Crippen molar-refractivity contribution in [3.8, 4) is 0 Å². The Morgan fingerprint density at radius 3 is 2.12 bits per heavy atom. The molecule has 0 aromatic heterocycles. The highest BCUT2D eigenvalue weighted by Gasteiger charge is 2.18. The second kappa shape index (κ2) is 7.51. The molecule has 1 N–H and O–H groups in total. The van der Waals surface area contributed by atoms with Gasteiger partial charge in [-0.25, -0.2) is 0 Å². The topological polar surface area (TPSA) is 49.4 Å². The molecule has 0 saturated carbocycles. The van der Waals surface area contributed by atoms with Crippen LogP contribution in [0.1, 0.15) is 38.8 Å². The third-order valence-electron chi connectivity index (χ3n) is 4.15. The number of rotatable bonds is 4. The normalized spacial score (nSPS) is 11.1. The summed E-state index contributed by atoms with van der Waals surface area (Å²) in [7, 11) is 0. The first kappa shape index (κ1) is 18.7. The smallest absolute Gasteiger partial charge is 0.244 e. The van der Waals surface area contributed by atoms with Crippen molar-refractivity contribution < 1.29 is 9.59 Å². The second-order valence-electron chi connectivity index (χ2n) is 7.27. The summed E-state index contributed by atoms with van der Waals surface area (Å²) in [5, 5.41) is 2.87. The number of hydrogen-bond acceptors (Lipinski definition) is 2. The van der Waals surface area contributed by atoms with E-state index in [0.29, 0.717) is 0 Å². The molecular weight excluding hydrogens is 312 g/mol. The van der Waals surface area contributed by atoms with E-state index < -0.39 is 0 Å². The van der Waals surface area contributed by atoms with Crippen molar-refractivity contribution in [3.05, 3.63) is 59.7 Å². The summed E-state index contributed by atoms with van der Waals surface area (Å²) < 4.78 is 0.